The van der Waals surface area contributed by atoms with Gasteiger partial charge in [0, 0.05) is 43.9 Å². The molecule has 6 heteroatoms. The van der Waals surface area contributed by atoms with Crippen molar-refractivity contribution in [3.63, 3.8) is 0 Å². The van der Waals surface area contributed by atoms with Crippen LogP contribution in [0.4, 0.5) is 5.82 Å². The number of anilines is 1. The first-order valence-electron chi connectivity index (χ1n) is 10.6. The smallest absolute Gasteiger partial charge is 0.254 e. The maximum absolute atomic E-state index is 4.72. The highest BCUT2D eigenvalue weighted by Crippen LogP contribution is 2.25. The largest absolute Gasteiger partial charge is 0.355 e. The van der Waals surface area contributed by atoms with Crippen LogP contribution >= 0.6 is 0 Å². The summed E-state index contributed by atoms with van der Waals surface area (Å²) in [6, 6.07) is 23.7. The molecule has 1 fully saturated rings. The molecule has 1 saturated heterocycles. The molecule has 0 N–H and O–H groups in total. The molecule has 0 radical (unpaired) electrons. The lowest BCUT2D eigenvalue weighted by Crippen LogP contribution is -2.34. The topological polar surface area (TPSA) is 49.6 Å². The molecule has 1 aliphatic heterocycles. The van der Waals surface area contributed by atoms with Crippen molar-refractivity contribution in [3.05, 3.63) is 78.6 Å². The molecule has 0 amide bonds. The Kier molecular flexibility index (Phi) is 5.15. The van der Waals surface area contributed by atoms with Gasteiger partial charge < -0.3 is 4.90 Å². The average Bonchev–Trinajstić information content (AvgIpc) is 3.20. The number of aromatic nitrogens is 4. The minimum Gasteiger partial charge on any atom is -0.355 e. The summed E-state index contributed by atoms with van der Waals surface area (Å²) in [5, 5.41) is 4.45. The second-order valence-corrected chi connectivity index (χ2v) is 7.92. The van der Waals surface area contributed by atoms with Crippen LogP contribution in [0.15, 0.2) is 73.1 Å². The quantitative estimate of drug-likeness (QED) is 0.522. The Morgan fingerprint density at radius 1 is 0.933 bits per heavy atom. The molecular formula is C24H26N6. The Morgan fingerprint density at radius 3 is 2.50 bits per heavy atom. The summed E-state index contributed by atoms with van der Waals surface area (Å²) in [7, 11) is 0. The Hall–Kier alpha value is -3.25. The van der Waals surface area contributed by atoms with E-state index in [0.717, 1.165) is 49.7 Å². The second kappa shape index (κ2) is 8.24. The standard InChI is InChI=1S/C24H26N6/c1-19-12-13-28(14-15-29(19)17-20-8-4-2-5-9-20)23-16-22(21-10-6-3-7-11-21)27-24-25-18-26-30(23)24/h2-11,16,18-19H,12-15,17H2,1H3. The third kappa shape index (κ3) is 3.78. The van der Waals surface area contributed by atoms with Gasteiger partial charge in [-0.25, -0.2) is 4.98 Å². The van der Waals surface area contributed by atoms with Gasteiger partial charge in [0.1, 0.15) is 12.1 Å². The maximum Gasteiger partial charge on any atom is 0.254 e. The van der Waals surface area contributed by atoms with Gasteiger partial charge in [0.15, 0.2) is 0 Å². The fraction of sp³-hybridized carbons (Fsp3) is 0.292. The molecule has 3 heterocycles. The van der Waals surface area contributed by atoms with Crippen molar-refractivity contribution in [2.75, 3.05) is 24.5 Å². The first-order chi connectivity index (χ1) is 14.8. The summed E-state index contributed by atoms with van der Waals surface area (Å²) in [5.41, 5.74) is 3.40. The van der Waals surface area contributed by atoms with Crippen molar-refractivity contribution in [1.82, 2.24) is 24.5 Å². The van der Waals surface area contributed by atoms with Crippen LogP contribution in [0.2, 0.25) is 0 Å². The lowest BCUT2D eigenvalue weighted by Gasteiger charge is -2.26. The van der Waals surface area contributed by atoms with Gasteiger partial charge in [0.05, 0.1) is 5.69 Å². The number of fused-ring (bicyclic) bond motifs is 1. The SMILES string of the molecule is CC1CCN(c2cc(-c3ccccc3)nc3ncnn23)CCN1Cc1ccccc1. The van der Waals surface area contributed by atoms with Crippen molar-refractivity contribution < 1.29 is 0 Å². The van der Waals surface area contributed by atoms with E-state index in [-0.39, 0.29) is 0 Å². The molecular weight excluding hydrogens is 372 g/mol. The molecule has 1 aliphatic rings. The van der Waals surface area contributed by atoms with E-state index in [2.05, 4.69) is 75.3 Å². The van der Waals surface area contributed by atoms with Crippen molar-refractivity contribution in [2.45, 2.75) is 25.9 Å². The molecule has 2 aromatic carbocycles. The molecule has 1 atom stereocenters. The Labute approximate surface area is 176 Å². The van der Waals surface area contributed by atoms with Crippen LogP contribution in [0.5, 0.6) is 0 Å². The van der Waals surface area contributed by atoms with Gasteiger partial charge in [0.2, 0.25) is 0 Å². The summed E-state index contributed by atoms with van der Waals surface area (Å²) in [5.74, 6) is 1.70. The van der Waals surface area contributed by atoms with Gasteiger partial charge in [-0.1, -0.05) is 60.7 Å². The molecule has 0 saturated carbocycles. The van der Waals surface area contributed by atoms with Crippen molar-refractivity contribution in [1.29, 1.82) is 0 Å². The van der Waals surface area contributed by atoms with Crippen LogP contribution in [0.3, 0.4) is 0 Å². The fourth-order valence-electron chi connectivity index (χ4n) is 4.17. The predicted octanol–water partition coefficient (Wildman–Crippen LogP) is 3.89. The van der Waals surface area contributed by atoms with E-state index in [9.17, 15) is 0 Å². The fourth-order valence-corrected chi connectivity index (χ4v) is 4.17. The van der Waals surface area contributed by atoms with Gasteiger partial charge in [-0.2, -0.15) is 14.6 Å². The summed E-state index contributed by atoms with van der Waals surface area (Å²) in [6.45, 7) is 6.26. The summed E-state index contributed by atoms with van der Waals surface area (Å²) < 4.78 is 1.87. The number of rotatable bonds is 4. The molecule has 30 heavy (non-hydrogen) atoms. The zero-order valence-corrected chi connectivity index (χ0v) is 17.2. The van der Waals surface area contributed by atoms with Crippen LogP contribution in [0.1, 0.15) is 18.9 Å². The normalized spacial score (nSPS) is 17.9. The molecule has 0 aliphatic carbocycles. The minimum atomic E-state index is 0.525. The Balaban J connectivity index is 1.43. The number of benzene rings is 2. The zero-order valence-electron chi connectivity index (χ0n) is 17.2. The van der Waals surface area contributed by atoms with Crippen LogP contribution in [0, 0.1) is 0 Å². The van der Waals surface area contributed by atoms with E-state index in [4.69, 9.17) is 4.98 Å². The highest BCUT2D eigenvalue weighted by molar-refractivity contribution is 5.65. The second-order valence-electron chi connectivity index (χ2n) is 7.92. The molecule has 0 bridgehead atoms. The first-order valence-corrected chi connectivity index (χ1v) is 10.6. The summed E-state index contributed by atoms with van der Waals surface area (Å²) in [6.07, 6.45) is 2.69. The van der Waals surface area contributed by atoms with Crippen LogP contribution in [0.25, 0.3) is 17.0 Å². The molecule has 0 spiro atoms. The van der Waals surface area contributed by atoms with Crippen LogP contribution in [-0.4, -0.2) is 50.2 Å². The van der Waals surface area contributed by atoms with Gasteiger partial charge in [-0.05, 0) is 18.9 Å². The highest BCUT2D eigenvalue weighted by atomic mass is 15.4. The van der Waals surface area contributed by atoms with E-state index in [0.29, 0.717) is 11.8 Å². The number of nitrogens with zero attached hydrogens (tertiary/aromatic N) is 6. The van der Waals surface area contributed by atoms with Gasteiger partial charge in [-0.3, -0.25) is 4.90 Å². The van der Waals surface area contributed by atoms with Crippen LogP contribution < -0.4 is 4.90 Å². The molecule has 4 aromatic rings. The highest BCUT2D eigenvalue weighted by Gasteiger charge is 2.23. The molecule has 6 nitrogen and oxygen atoms in total. The summed E-state index contributed by atoms with van der Waals surface area (Å²) >= 11 is 0. The molecule has 5 rings (SSSR count). The maximum atomic E-state index is 4.72. The van der Waals surface area contributed by atoms with Crippen molar-refractivity contribution >= 4 is 11.6 Å². The monoisotopic (exact) mass is 398 g/mol. The van der Waals surface area contributed by atoms with Crippen LogP contribution in [-0.2, 0) is 6.54 Å². The summed E-state index contributed by atoms with van der Waals surface area (Å²) in [4.78, 5) is 14.1. The average molecular weight is 399 g/mol. The Bertz CT molecular complexity index is 1110. The lowest BCUT2D eigenvalue weighted by atomic mass is 10.1. The van der Waals surface area contributed by atoms with E-state index in [1.165, 1.54) is 5.56 Å². The predicted molar refractivity (Wildman–Crippen MR) is 119 cm³/mol. The number of hydrogen-bond donors (Lipinski definition) is 0. The van der Waals surface area contributed by atoms with Gasteiger partial charge >= 0.3 is 0 Å². The molecule has 1 unspecified atom stereocenters. The Morgan fingerprint density at radius 2 is 1.70 bits per heavy atom. The zero-order chi connectivity index (χ0) is 20.3. The molecule has 2 aromatic heterocycles. The third-order valence-corrected chi connectivity index (χ3v) is 5.95. The number of hydrogen-bond acceptors (Lipinski definition) is 5. The van der Waals surface area contributed by atoms with E-state index < -0.39 is 0 Å². The van der Waals surface area contributed by atoms with E-state index in [1.54, 1.807) is 6.33 Å². The minimum absolute atomic E-state index is 0.525. The van der Waals surface area contributed by atoms with E-state index >= 15 is 0 Å². The van der Waals surface area contributed by atoms with E-state index in [1.807, 2.05) is 22.7 Å². The molecule has 152 valence electrons. The van der Waals surface area contributed by atoms with Gasteiger partial charge in [-0.15, -0.1) is 0 Å². The lowest BCUT2D eigenvalue weighted by molar-refractivity contribution is 0.212. The first kappa shape index (κ1) is 18.8. The van der Waals surface area contributed by atoms with Crippen molar-refractivity contribution in [3.8, 4) is 11.3 Å². The van der Waals surface area contributed by atoms with Gasteiger partial charge in [0.25, 0.3) is 5.78 Å². The third-order valence-electron chi connectivity index (χ3n) is 5.95. The van der Waals surface area contributed by atoms with Crippen molar-refractivity contribution in [2.24, 2.45) is 0 Å².